The van der Waals surface area contributed by atoms with Gasteiger partial charge in [-0.3, -0.25) is 9.98 Å². The maximum absolute atomic E-state index is 4.75. The summed E-state index contributed by atoms with van der Waals surface area (Å²) in [6, 6.07) is 0.507. The molecule has 3 aliphatic heterocycles. The molecule has 0 spiro atoms. The Balaban J connectivity index is 1.53. The van der Waals surface area contributed by atoms with Crippen molar-refractivity contribution in [1.29, 1.82) is 0 Å². The third kappa shape index (κ3) is 2.86. The van der Waals surface area contributed by atoms with Gasteiger partial charge in [0.15, 0.2) is 10.3 Å². The predicted molar refractivity (Wildman–Crippen MR) is 90.4 cm³/mol. The second-order valence-corrected chi connectivity index (χ2v) is 8.25. The Hall–Kier alpha value is -0.620. The van der Waals surface area contributed by atoms with E-state index in [1.807, 2.05) is 11.8 Å². The zero-order valence-electron chi connectivity index (χ0n) is 12.5. The van der Waals surface area contributed by atoms with Gasteiger partial charge in [0.2, 0.25) is 0 Å². The Labute approximate surface area is 129 Å². The van der Waals surface area contributed by atoms with Crippen molar-refractivity contribution in [3.05, 3.63) is 11.1 Å². The van der Waals surface area contributed by atoms with Crippen molar-refractivity contribution in [1.82, 2.24) is 10.2 Å². The maximum Gasteiger partial charge on any atom is 0.168 e. The fourth-order valence-electron chi connectivity index (χ4n) is 2.46. The fraction of sp³-hybridized carbons (Fsp3) is 0.714. The summed E-state index contributed by atoms with van der Waals surface area (Å²) in [5.74, 6) is 1.61. The molecule has 0 aromatic carbocycles. The van der Waals surface area contributed by atoms with Crippen molar-refractivity contribution in [2.45, 2.75) is 39.3 Å². The summed E-state index contributed by atoms with van der Waals surface area (Å²) < 4.78 is 0. The van der Waals surface area contributed by atoms with E-state index < -0.39 is 0 Å². The summed E-state index contributed by atoms with van der Waals surface area (Å²) in [4.78, 5) is 11.7. The lowest BCUT2D eigenvalue weighted by molar-refractivity contribution is 0.436. The molecular weight excluding hydrogens is 288 g/mol. The molecule has 0 amide bonds. The highest BCUT2D eigenvalue weighted by atomic mass is 32.2. The Morgan fingerprint density at radius 3 is 3.05 bits per heavy atom. The quantitative estimate of drug-likeness (QED) is 0.870. The summed E-state index contributed by atoms with van der Waals surface area (Å²) in [7, 11) is 0. The monoisotopic (exact) mass is 310 g/mol. The molecule has 4 nitrogen and oxygen atoms in total. The van der Waals surface area contributed by atoms with E-state index in [-0.39, 0.29) is 5.54 Å². The molecule has 0 aromatic heterocycles. The topological polar surface area (TPSA) is 40.0 Å². The van der Waals surface area contributed by atoms with Crippen LogP contribution in [0.15, 0.2) is 21.1 Å². The number of nitrogens with zero attached hydrogens (tertiary/aromatic N) is 3. The number of thioether (sulfide) groups is 2. The summed E-state index contributed by atoms with van der Waals surface area (Å²) >= 11 is 3.56. The minimum atomic E-state index is 0.0539. The normalized spacial score (nSPS) is 27.4. The molecule has 3 heterocycles. The standard InChI is InChI=1S/C14H22N4S2/c1-9(2)11-5-15-12(16-11)19-6-10-7-20-13-17-14(3,4)8-18(10)13/h7,9,11H,5-6,8H2,1-4H3,(H,15,16). The smallest absolute Gasteiger partial charge is 0.168 e. The highest BCUT2D eigenvalue weighted by Crippen LogP contribution is 2.36. The van der Waals surface area contributed by atoms with Crippen LogP contribution in [0, 0.1) is 5.92 Å². The third-order valence-corrected chi connectivity index (χ3v) is 5.60. The van der Waals surface area contributed by atoms with Gasteiger partial charge in [-0.15, -0.1) is 0 Å². The molecule has 0 radical (unpaired) electrons. The first-order valence-corrected chi connectivity index (χ1v) is 8.98. The Bertz CT molecular complexity index is 493. The molecule has 0 saturated heterocycles. The lowest BCUT2D eigenvalue weighted by Crippen LogP contribution is -2.34. The average Bonchev–Trinajstić information content (AvgIpc) is 3.00. The van der Waals surface area contributed by atoms with Crippen molar-refractivity contribution < 1.29 is 0 Å². The molecule has 1 N–H and O–H groups in total. The van der Waals surface area contributed by atoms with E-state index >= 15 is 0 Å². The largest absolute Gasteiger partial charge is 0.360 e. The second kappa shape index (κ2) is 5.30. The van der Waals surface area contributed by atoms with Gasteiger partial charge in [0.05, 0.1) is 12.1 Å². The first-order chi connectivity index (χ1) is 9.44. The van der Waals surface area contributed by atoms with Crippen LogP contribution in [0.4, 0.5) is 0 Å². The first-order valence-electron chi connectivity index (χ1n) is 7.11. The summed E-state index contributed by atoms with van der Waals surface area (Å²) in [5, 5.41) is 8.01. The molecular formula is C14H22N4S2. The van der Waals surface area contributed by atoms with Gasteiger partial charge in [-0.1, -0.05) is 37.4 Å². The Morgan fingerprint density at radius 2 is 2.35 bits per heavy atom. The highest BCUT2D eigenvalue weighted by Gasteiger charge is 2.36. The van der Waals surface area contributed by atoms with E-state index in [0.29, 0.717) is 12.0 Å². The molecule has 110 valence electrons. The van der Waals surface area contributed by atoms with Gasteiger partial charge in [-0.2, -0.15) is 0 Å². The molecule has 0 aliphatic carbocycles. The van der Waals surface area contributed by atoms with Crippen LogP contribution in [0.3, 0.4) is 0 Å². The van der Waals surface area contributed by atoms with Gasteiger partial charge in [0.25, 0.3) is 0 Å². The second-order valence-electron chi connectivity index (χ2n) is 6.45. The van der Waals surface area contributed by atoms with Crippen molar-refractivity contribution in [3.8, 4) is 0 Å². The highest BCUT2D eigenvalue weighted by molar-refractivity contribution is 8.17. The SMILES string of the molecule is CC(C)C1CN=C(SCC2=CSC3=NC(C)(C)CN23)N1. The number of fused-ring (bicyclic) bond motifs is 1. The Morgan fingerprint density at radius 1 is 1.55 bits per heavy atom. The van der Waals surface area contributed by atoms with E-state index in [1.165, 1.54) is 5.70 Å². The summed E-state index contributed by atoms with van der Waals surface area (Å²) in [5.41, 5.74) is 1.42. The van der Waals surface area contributed by atoms with Gasteiger partial charge >= 0.3 is 0 Å². The van der Waals surface area contributed by atoms with Crippen LogP contribution < -0.4 is 5.32 Å². The minimum Gasteiger partial charge on any atom is -0.360 e. The van der Waals surface area contributed by atoms with Crippen LogP contribution in [0.2, 0.25) is 0 Å². The van der Waals surface area contributed by atoms with Gasteiger partial charge in [-0.25, -0.2) is 0 Å². The van der Waals surface area contributed by atoms with Gasteiger partial charge in [-0.05, 0) is 25.2 Å². The van der Waals surface area contributed by atoms with Gasteiger partial charge < -0.3 is 10.2 Å². The molecule has 20 heavy (non-hydrogen) atoms. The van der Waals surface area contributed by atoms with E-state index in [2.05, 4.69) is 48.3 Å². The van der Waals surface area contributed by atoms with Crippen LogP contribution in [0.25, 0.3) is 0 Å². The molecule has 0 aromatic rings. The number of rotatable bonds is 3. The number of aliphatic imine (C=N–C) groups is 2. The molecule has 3 aliphatic rings. The Kier molecular flexibility index (Phi) is 3.79. The van der Waals surface area contributed by atoms with Crippen molar-refractivity contribution in [2.24, 2.45) is 15.9 Å². The maximum atomic E-state index is 4.75. The summed E-state index contributed by atoms with van der Waals surface area (Å²) in [6.45, 7) is 10.8. The lowest BCUT2D eigenvalue weighted by Gasteiger charge is -2.21. The van der Waals surface area contributed by atoms with E-state index in [4.69, 9.17) is 4.99 Å². The van der Waals surface area contributed by atoms with Crippen LogP contribution in [0.5, 0.6) is 0 Å². The number of hydrogen-bond acceptors (Lipinski definition) is 6. The number of nitrogens with one attached hydrogen (secondary N) is 1. The van der Waals surface area contributed by atoms with Gasteiger partial charge in [0.1, 0.15) is 0 Å². The minimum absolute atomic E-state index is 0.0539. The third-order valence-electron chi connectivity index (χ3n) is 3.72. The molecule has 0 saturated carbocycles. The number of amidine groups is 2. The first kappa shape index (κ1) is 14.3. The zero-order valence-corrected chi connectivity index (χ0v) is 14.1. The van der Waals surface area contributed by atoms with Crippen LogP contribution in [-0.2, 0) is 0 Å². The lowest BCUT2D eigenvalue weighted by atomic mass is 10.1. The van der Waals surface area contributed by atoms with E-state index in [1.54, 1.807) is 11.8 Å². The molecule has 0 bridgehead atoms. The molecule has 1 atom stereocenters. The molecule has 1 unspecified atom stereocenters. The van der Waals surface area contributed by atoms with Crippen LogP contribution in [-0.4, -0.2) is 45.7 Å². The van der Waals surface area contributed by atoms with E-state index in [0.717, 1.165) is 29.2 Å². The van der Waals surface area contributed by atoms with E-state index in [9.17, 15) is 0 Å². The molecule has 6 heteroatoms. The molecule has 0 fully saturated rings. The van der Waals surface area contributed by atoms with Crippen LogP contribution >= 0.6 is 23.5 Å². The van der Waals surface area contributed by atoms with Crippen molar-refractivity contribution in [2.75, 3.05) is 18.8 Å². The van der Waals surface area contributed by atoms with Crippen LogP contribution in [0.1, 0.15) is 27.7 Å². The molecule has 3 rings (SSSR count). The zero-order chi connectivity index (χ0) is 14.3. The average molecular weight is 310 g/mol. The van der Waals surface area contributed by atoms with Gasteiger partial charge in [0, 0.05) is 24.0 Å². The van der Waals surface area contributed by atoms with Crippen molar-refractivity contribution in [3.63, 3.8) is 0 Å². The summed E-state index contributed by atoms with van der Waals surface area (Å²) in [6.07, 6.45) is 0. The fourth-order valence-corrected chi connectivity index (χ4v) is 4.55. The van der Waals surface area contributed by atoms with Crippen molar-refractivity contribution >= 4 is 33.9 Å². The predicted octanol–water partition coefficient (Wildman–Crippen LogP) is 2.74. The number of hydrogen-bond donors (Lipinski definition) is 1.